The Bertz CT molecular complexity index is 1340. The van der Waals surface area contributed by atoms with Crippen molar-refractivity contribution in [2.75, 3.05) is 19.0 Å². The van der Waals surface area contributed by atoms with Gasteiger partial charge in [0.05, 0.1) is 12.0 Å². The van der Waals surface area contributed by atoms with Crippen molar-refractivity contribution >= 4 is 56.5 Å². The molecule has 3 aromatic rings. The Morgan fingerprint density at radius 1 is 1.06 bits per heavy atom. The van der Waals surface area contributed by atoms with Crippen LogP contribution in [0.2, 0.25) is 0 Å². The molecule has 0 unspecified atom stereocenters. The lowest BCUT2D eigenvalue weighted by Gasteiger charge is -2.13. The zero-order valence-corrected chi connectivity index (χ0v) is 22.0. The van der Waals surface area contributed by atoms with E-state index in [1.807, 2.05) is 25.1 Å². The number of hydrogen-bond donors (Lipinski definition) is 1. The van der Waals surface area contributed by atoms with Gasteiger partial charge in [-0.25, -0.2) is 0 Å². The Morgan fingerprint density at radius 2 is 1.83 bits per heavy atom. The van der Waals surface area contributed by atoms with Gasteiger partial charge < -0.3 is 14.8 Å². The van der Waals surface area contributed by atoms with Gasteiger partial charge in [0.1, 0.15) is 13.2 Å². The van der Waals surface area contributed by atoms with Crippen LogP contribution in [-0.2, 0) is 16.2 Å². The van der Waals surface area contributed by atoms with Crippen LogP contribution in [0.4, 0.5) is 10.5 Å². The molecule has 1 aliphatic rings. The lowest BCUT2D eigenvalue weighted by atomic mass is 10.1. The number of methoxy groups -OCH3 is 1. The van der Waals surface area contributed by atoms with Crippen molar-refractivity contribution in [1.29, 1.82) is 0 Å². The number of anilines is 1. The number of amides is 3. The molecule has 0 radical (unpaired) electrons. The molecule has 1 N–H and O–H groups in total. The SMILES string of the molecule is COc1cc(/C=C2\SC(=O)N(CC(=O)Nc3ccc(Br)cc3)C2=O)ccc1OCc1cccc(C)c1. The smallest absolute Gasteiger partial charge is 0.294 e. The van der Waals surface area contributed by atoms with Gasteiger partial charge in [0.2, 0.25) is 5.91 Å². The molecule has 3 amide bonds. The van der Waals surface area contributed by atoms with Gasteiger partial charge in [-0.2, -0.15) is 0 Å². The minimum Gasteiger partial charge on any atom is -0.493 e. The van der Waals surface area contributed by atoms with Gasteiger partial charge in [0.25, 0.3) is 11.1 Å². The van der Waals surface area contributed by atoms with Crippen molar-refractivity contribution < 1.29 is 23.9 Å². The van der Waals surface area contributed by atoms with E-state index in [0.29, 0.717) is 29.4 Å². The second-order valence-electron chi connectivity index (χ2n) is 8.01. The molecule has 9 heteroatoms. The van der Waals surface area contributed by atoms with E-state index in [4.69, 9.17) is 9.47 Å². The largest absolute Gasteiger partial charge is 0.493 e. The van der Waals surface area contributed by atoms with Gasteiger partial charge >= 0.3 is 0 Å². The fraction of sp³-hybridized carbons (Fsp3) is 0.148. The van der Waals surface area contributed by atoms with Gasteiger partial charge in [0.15, 0.2) is 11.5 Å². The van der Waals surface area contributed by atoms with Gasteiger partial charge in [-0.05, 0) is 72.3 Å². The van der Waals surface area contributed by atoms with E-state index in [-0.39, 0.29) is 11.4 Å². The average molecular weight is 567 g/mol. The van der Waals surface area contributed by atoms with E-state index in [2.05, 4.69) is 27.3 Å². The second-order valence-corrected chi connectivity index (χ2v) is 9.92. The molecule has 1 aliphatic heterocycles. The van der Waals surface area contributed by atoms with Crippen molar-refractivity contribution in [2.45, 2.75) is 13.5 Å². The summed E-state index contributed by atoms with van der Waals surface area (Å²) in [4.78, 5) is 38.8. The summed E-state index contributed by atoms with van der Waals surface area (Å²) in [7, 11) is 1.54. The molecule has 0 spiro atoms. The molecule has 3 aromatic carbocycles. The quantitative estimate of drug-likeness (QED) is 0.335. The molecule has 1 saturated heterocycles. The zero-order chi connectivity index (χ0) is 25.7. The predicted octanol–water partition coefficient (Wildman–Crippen LogP) is 6.02. The monoisotopic (exact) mass is 566 g/mol. The Morgan fingerprint density at radius 3 is 2.56 bits per heavy atom. The number of thioether (sulfide) groups is 1. The van der Waals surface area contributed by atoms with E-state index in [1.54, 1.807) is 48.5 Å². The number of rotatable bonds is 8. The van der Waals surface area contributed by atoms with E-state index in [0.717, 1.165) is 32.3 Å². The van der Waals surface area contributed by atoms with Crippen LogP contribution in [0.15, 0.2) is 76.1 Å². The highest BCUT2D eigenvalue weighted by molar-refractivity contribution is 9.10. The zero-order valence-electron chi connectivity index (χ0n) is 19.6. The predicted molar refractivity (Wildman–Crippen MR) is 144 cm³/mol. The van der Waals surface area contributed by atoms with E-state index < -0.39 is 17.1 Å². The summed E-state index contributed by atoms with van der Waals surface area (Å²) in [6.45, 7) is 2.04. The first kappa shape index (κ1) is 25.5. The van der Waals surface area contributed by atoms with E-state index in [9.17, 15) is 14.4 Å². The highest BCUT2D eigenvalue weighted by atomic mass is 79.9. The van der Waals surface area contributed by atoms with Crippen LogP contribution < -0.4 is 14.8 Å². The maximum Gasteiger partial charge on any atom is 0.294 e. The third-order valence-corrected chi connectivity index (χ3v) is 6.70. The minimum absolute atomic E-state index is 0.229. The molecule has 1 fully saturated rings. The lowest BCUT2D eigenvalue weighted by molar-refractivity contribution is -0.127. The van der Waals surface area contributed by atoms with Gasteiger partial charge in [0, 0.05) is 10.2 Å². The van der Waals surface area contributed by atoms with Crippen LogP contribution >= 0.6 is 27.7 Å². The van der Waals surface area contributed by atoms with Crippen LogP contribution in [0.3, 0.4) is 0 Å². The fourth-order valence-electron chi connectivity index (χ4n) is 3.52. The number of ether oxygens (including phenoxy) is 2. The number of nitrogens with zero attached hydrogens (tertiary/aromatic N) is 1. The van der Waals surface area contributed by atoms with Crippen LogP contribution in [0.1, 0.15) is 16.7 Å². The molecule has 0 saturated carbocycles. The molecular formula is C27H23BrN2O5S. The van der Waals surface area contributed by atoms with Crippen LogP contribution in [0.25, 0.3) is 6.08 Å². The highest BCUT2D eigenvalue weighted by Crippen LogP contribution is 2.34. The minimum atomic E-state index is -0.519. The molecule has 0 atom stereocenters. The summed E-state index contributed by atoms with van der Waals surface area (Å²) in [5.41, 5.74) is 3.43. The second kappa shape index (κ2) is 11.5. The summed E-state index contributed by atoms with van der Waals surface area (Å²) in [6.07, 6.45) is 1.60. The Labute approximate surface area is 221 Å². The number of nitrogens with one attached hydrogen (secondary N) is 1. The standard InChI is InChI=1S/C27H23BrN2O5S/c1-17-4-3-5-19(12-17)16-35-22-11-6-18(13-23(22)34-2)14-24-26(32)30(27(33)36-24)15-25(31)29-21-9-7-20(28)8-10-21/h3-14H,15-16H2,1-2H3,(H,29,31)/b24-14-. The first-order valence-corrected chi connectivity index (χ1v) is 12.6. The van der Waals surface area contributed by atoms with Crippen LogP contribution in [0, 0.1) is 6.92 Å². The third kappa shape index (κ3) is 6.35. The molecule has 4 rings (SSSR count). The number of imide groups is 1. The molecule has 7 nitrogen and oxygen atoms in total. The molecule has 0 bridgehead atoms. The van der Waals surface area contributed by atoms with Crippen molar-refractivity contribution in [3.63, 3.8) is 0 Å². The molecular weight excluding hydrogens is 544 g/mol. The number of benzene rings is 3. The van der Waals surface area contributed by atoms with Crippen LogP contribution in [0.5, 0.6) is 11.5 Å². The van der Waals surface area contributed by atoms with Gasteiger partial charge in [-0.3, -0.25) is 19.3 Å². The van der Waals surface area contributed by atoms with Crippen molar-refractivity contribution in [2.24, 2.45) is 0 Å². The van der Waals surface area contributed by atoms with Crippen molar-refractivity contribution in [1.82, 2.24) is 4.90 Å². The Hall–Kier alpha value is -3.56. The summed E-state index contributed by atoms with van der Waals surface area (Å²) in [5, 5.41) is 2.19. The topological polar surface area (TPSA) is 84.9 Å². The Kier molecular flexibility index (Phi) is 8.12. The van der Waals surface area contributed by atoms with Crippen molar-refractivity contribution in [3.05, 3.63) is 92.8 Å². The molecule has 0 aromatic heterocycles. The van der Waals surface area contributed by atoms with Gasteiger partial charge in [-0.15, -0.1) is 0 Å². The average Bonchev–Trinajstić information content (AvgIpc) is 3.11. The maximum atomic E-state index is 12.8. The lowest BCUT2D eigenvalue weighted by Crippen LogP contribution is -2.36. The molecule has 1 heterocycles. The first-order valence-electron chi connectivity index (χ1n) is 11.0. The molecule has 0 aliphatic carbocycles. The molecule has 36 heavy (non-hydrogen) atoms. The van der Waals surface area contributed by atoms with Crippen molar-refractivity contribution in [3.8, 4) is 11.5 Å². The normalized spacial score (nSPS) is 14.3. The number of halogens is 1. The first-order chi connectivity index (χ1) is 17.3. The number of aryl methyl sites for hydroxylation is 1. The summed E-state index contributed by atoms with van der Waals surface area (Å²) < 4.78 is 12.3. The van der Waals surface area contributed by atoms with Crippen LogP contribution in [-0.4, -0.2) is 35.6 Å². The number of carbonyl (C=O) groups is 3. The summed E-state index contributed by atoms with van der Waals surface area (Å²) in [5.74, 6) is 0.0886. The van der Waals surface area contributed by atoms with E-state index >= 15 is 0 Å². The fourth-order valence-corrected chi connectivity index (χ4v) is 4.62. The Balaban J connectivity index is 1.42. The summed E-state index contributed by atoms with van der Waals surface area (Å²) in [6, 6.07) is 20.3. The third-order valence-electron chi connectivity index (χ3n) is 5.27. The van der Waals surface area contributed by atoms with Gasteiger partial charge in [-0.1, -0.05) is 51.8 Å². The van der Waals surface area contributed by atoms with E-state index in [1.165, 1.54) is 7.11 Å². The highest BCUT2D eigenvalue weighted by Gasteiger charge is 2.36. The molecule has 184 valence electrons. The number of carbonyl (C=O) groups excluding carboxylic acids is 3. The maximum absolute atomic E-state index is 12.8. The number of hydrogen-bond acceptors (Lipinski definition) is 6. The summed E-state index contributed by atoms with van der Waals surface area (Å²) >= 11 is 4.12.